The molecule has 0 saturated heterocycles. The van der Waals surface area contributed by atoms with Crippen LogP contribution in [0.4, 0.5) is 0 Å². The quantitative estimate of drug-likeness (QED) is 0.828. The molecule has 1 aromatic rings. The van der Waals surface area contributed by atoms with Gasteiger partial charge in [-0.3, -0.25) is 4.79 Å². The lowest BCUT2D eigenvalue weighted by Crippen LogP contribution is -2.43. The van der Waals surface area contributed by atoms with Crippen molar-refractivity contribution in [1.29, 1.82) is 5.26 Å². The molecule has 1 aliphatic carbocycles. The van der Waals surface area contributed by atoms with Gasteiger partial charge in [0.15, 0.2) is 0 Å². The third kappa shape index (κ3) is 3.17. The van der Waals surface area contributed by atoms with Gasteiger partial charge < -0.3 is 5.11 Å². The zero-order valence-electron chi connectivity index (χ0n) is 10.6. The number of rotatable bonds is 6. The predicted octanol–water partition coefficient (Wildman–Crippen LogP) is 1.54. The van der Waals surface area contributed by atoms with Crippen LogP contribution in [0.1, 0.15) is 30.6 Å². The number of thiophene rings is 1. The average molecular weight is 314 g/mol. The fourth-order valence-electron chi connectivity index (χ4n) is 2.26. The van der Waals surface area contributed by atoms with Gasteiger partial charge in [-0.2, -0.15) is 5.26 Å². The molecular weight excluding hydrogens is 300 g/mol. The minimum absolute atomic E-state index is 0.0244. The van der Waals surface area contributed by atoms with Crippen molar-refractivity contribution < 1.29 is 18.3 Å². The predicted molar refractivity (Wildman–Crippen MR) is 72.8 cm³/mol. The highest BCUT2D eigenvalue weighted by atomic mass is 32.2. The second-order valence-corrected chi connectivity index (χ2v) is 8.06. The molecule has 6 nitrogen and oxygen atoms in total. The van der Waals surface area contributed by atoms with Crippen molar-refractivity contribution in [2.75, 3.05) is 6.54 Å². The topological polar surface area (TPSA) is 107 Å². The van der Waals surface area contributed by atoms with Gasteiger partial charge in [0.2, 0.25) is 10.0 Å². The minimum atomic E-state index is -3.67. The van der Waals surface area contributed by atoms with Crippen LogP contribution in [0.5, 0.6) is 0 Å². The van der Waals surface area contributed by atoms with Gasteiger partial charge in [0.05, 0.1) is 6.42 Å². The van der Waals surface area contributed by atoms with E-state index in [2.05, 4.69) is 4.72 Å². The molecule has 108 valence electrons. The van der Waals surface area contributed by atoms with E-state index in [1.54, 1.807) is 0 Å². The van der Waals surface area contributed by atoms with E-state index < -0.39 is 21.4 Å². The number of hydrogen-bond acceptors (Lipinski definition) is 5. The number of hydrogen-bond donors (Lipinski definition) is 2. The molecule has 0 atom stereocenters. The SMILES string of the molecule is N#Cc1ccc(S(=O)(=O)NCC2(CC(=O)O)CCC2)s1. The lowest BCUT2D eigenvalue weighted by atomic mass is 9.67. The molecule has 1 saturated carbocycles. The van der Waals surface area contributed by atoms with E-state index in [9.17, 15) is 13.2 Å². The van der Waals surface area contributed by atoms with Crippen LogP contribution >= 0.6 is 11.3 Å². The van der Waals surface area contributed by atoms with Gasteiger partial charge in [0, 0.05) is 6.54 Å². The summed E-state index contributed by atoms with van der Waals surface area (Å²) >= 11 is 0.902. The van der Waals surface area contributed by atoms with Crippen LogP contribution in [-0.4, -0.2) is 26.0 Å². The summed E-state index contributed by atoms with van der Waals surface area (Å²) in [4.78, 5) is 11.2. The number of carbonyl (C=O) groups is 1. The molecule has 1 heterocycles. The highest BCUT2D eigenvalue weighted by molar-refractivity contribution is 7.91. The summed E-state index contributed by atoms with van der Waals surface area (Å²) < 4.78 is 26.7. The first-order valence-electron chi connectivity index (χ1n) is 6.08. The van der Waals surface area contributed by atoms with Gasteiger partial charge in [0.1, 0.15) is 15.2 Å². The fraction of sp³-hybridized carbons (Fsp3) is 0.500. The Hall–Kier alpha value is -1.43. The molecular formula is C12H14N2O4S2. The molecule has 0 amide bonds. The Labute approximate surface area is 121 Å². The zero-order valence-corrected chi connectivity index (χ0v) is 12.3. The Balaban J connectivity index is 2.05. The van der Waals surface area contributed by atoms with Crippen LogP contribution in [0.25, 0.3) is 0 Å². The molecule has 1 aliphatic rings. The summed E-state index contributed by atoms with van der Waals surface area (Å²) in [5, 5.41) is 17.6. The third-order valence-electron chi connectivity index (χ3n) is 3.53. The lowest BCUT2D eigenvalue weighted by Gasteiger charge is -2.40. The van der Waals surface area contributed by atoms with E-state index in [0.29, 0.717) is 4.88 Å². The molecule has 8 heteroatoms. The smallest absolute Gasteiger partial charge is 0.303 e. The summed E-state index contributed by atoms with van der Waals surface area (Å²) in [5.74, 6) is -0.910. The Morgan fingerprint density at radius 2 is 2.20 bits per heavy atom. The maximum Gasteiger partial charge on any atom is 0.303 e. The number of nitriles is 1. The summed E-state index contributed by atoms with van der Waals surface area (Å²) in [5.41, 5.74) is -0.464. The first-order chi connectivity index (χ1) is 9.37. The monoisotopic (exact) mass is 314 g/mol. The molecule has 1 fully saturated rings. The highest BCUT2D eigenvalue weighted by Crippen LogP contribution is 2.43. The van der Waals surface area contributed by atoms with Crippen LogP contribution < -0.4 is 4.72 Å². The summed E-state index contributed by atoms with van der Waals surface area (Å²) in [7, 11) is -3.67. The number of sulfonamides is 1. The summed E-state index contributed by atoms with van der Waals surface area (Å²) in [6.07, 6.45) is 2.33. The van der Waals surface area contributed by atoms with Crippen LogP contribution in [0.2, 0.25) is 0 Å². The van der Waals surface area contributed by atoms with Crippen molar-refractivity contribution >= 4 is 27.3 Å². The van der Waals surface area contributed by atoms with E-state index in [1.165, 1.54) is 12.1 Å². The van der Waals surface area contributed by atoms with Gasteiger partial charge in [-0.15, -0.1) is 11.3 Å². The van der Waals surface area contributed by atoms with Gasteiger partial charge in [-0.05, 0) is 30.4 Å². The van der Waals surface area contributed by atoms with Crippen LogP contribution in [0.15, 0.2) is 16.3 Å². The Morgan fingerprint density at radius 1 is 1.50 bits per heavy atom. The molecule has 0 radical (unpaired) electrons. The van der Waals surface area contributed by atoms with E-state index in [-0.39, 0.29) is 17.2 Å². The Morgan fingerprint density at radius 3 is 2.65 bits per heavy atom. The lowest BCUT2D eigenvalue weighted by molar-refractivity contribution is -0.141. The van der Waals surface area contributed by atoms with Crippen molar-refractivity contribution in [3.8, 4) is 6.07 Å². The van der Waals surface area contributed by atoms with E-state index in [4.69, 9.17) is 10.4 Å². The van der Waals surface area contributed by atoms with Crippen LogP contribution in [-0.2, 0) is 14.8 Å². The number of carboxylic acids is 1. The van der Waals surface area contributed by atoms with Gasteiger partial charge in [-0.25, -0.2) is 13.1 Å². The molecule has 0 aliphatic heterocycles. The normalized spacial score (nSPS) is 17.1. The second kappa shape index (κ2) is 5.52. The molecule has 1 aromatic heterocycles. The maximum atomic E-state index is 12.1. The standard InChI is InChI=1S/C12H14N2O4S2/c13-7-9-2-3-11(19-9)20(17,18)14-8-12(4-1-5-12)6-10(15)16/h2-3,14H,1,4-6,8H2,(H,15,16). The first kappa shape index (κ1) is 15.0. The number of carboxylic acid groups (broad SMARTS) is 1. The van der Waals surface area contributed by atoms with Crippen molar-refractivity contribution in [2.24, 2.45) is 5.41 Å². The largest absolute Gasteiger partial charge is 0.481 e. The number of aliphatic carboxylic acids is 1. The summed E-state index contributed by atoms with van der Waals surface area (Å²) in [6, 6.07) is 4.73. The highest BCUT2D eigenvalue weighted by Gasteiger charge is 2.39. The van der Waals surface area contributed by atoms with Gasteiger partial charge in [-0.1, -0.05) is 6.42 Å². The molecule has 2 rings (SSSR count). The first-order valence-corrected chi connectivity index (χ1v) is 8.38. The minimum Gasteiger partial charge on any atom is -0.481 e. The van der Waals surface area contributed by atoms with Crippen LogP contribution in [0, 0.1) is 16.7 Å². The number of nitrogens with one attached hydrogen (secondary N) is 1. The number of nitrogens with zero attached hydrogens (tertiary/aromatic N) is 1. The van der Waals surface area contributed by atoms with Crippen molar-refractivity contribution in [3.63, 3.8) is 0 Å². The fourth-order valence-corrected chi connectivity index (χ4v) is 4.56. The molecule has 0 unspecified atom stereocenters. The van der Waals surface area contributed by atoms with E-state index >= 15 is 0 Å². The Bertz CT molecular complexity index is 653. The molecule has 0 bridgehead atoms. The summed E-state index contributed by atoms with van der Waals surface area (Å²) in [6.45, 7) is 0.126. The maximum absolute atomic E-state index is 12.1. The van der Waals surface area contributed by atoms with Gasteiger partial charge in [0.25, 0.3) is 0 Å². The Kier molecular flexibility index (Phi) is 4.13. The molecule has 2 N–H and O–H groups in total. The van der Waals surface area contributed by atoms with Crippen molar-refractivity contribution in [2.45, 2.75) is 29.9 Å². The molecule has 0 aromatic carbocycles. The van der Waals surface area contributed by atoms with Crippen molar-refractivity contribution in [3.05, 3.63) is 17.0 Å². The second-order valence-electron chi connectivity index (χ2n) is 4.98. The zero-order chi connectivity index (χ0) is 14.8. The van der Waals surface area contributed by atoms with Crippen LogP contribution in [0.3, 0.4) is 0 Å². The average Bonchev–Trinajstić information content (AvgIpc) is 2.81. The van der Waals surface area contributed by atoms with E-state index in [0.717, 1.165) is 30.6 Å². The molecule has 20 heavy (non-hydrogen) atoms. The van der Waals surface area contributed by atoms with E-state index in [1.807, 2.05) is 6.07 Å². The van der Waals surface area contributed by atoms with Crippen molar-refractivity contribution in [1.82, 2.24) is 4.72 Å². The van der Waals surface area contributed by atoms with Gasteiger partial charge >= 0.3 is 5.97 Å². The third-order valence-corrected chi connectivity index (χ3v) is 6.42. The molecule has 0 spiro atoms.